The van der Waals surface area contributed by atoms with Crippen molar-refractivity contribution >= 4 is 32.6 Å². The molecule has 5 heteroatoms. The molecule has 9 aromatic rings. The molecule has 0 unspecified atom stereocenters. The van der Waals surface area contributed by atoms with Crippen LogP contribution in [-0.2, 0) is 0 Å². The largest absolute Gasteiger partial charge is 0.247 e. The van der Waals surface area contributed by atoms with E-state index in [1.165, 1.54) is 0 Å². The van der Waals surface area contributed by atoms with E-state index in [-0.39, 0.29) is 0 Å². The van der Waals surface area contributed by atoms with Crippen LogP contribution in [0.5, 0.6) is 0 Å². The Labute approximate surface area is 277 Å². The second kappa shape index (κ2) is 11.6. The van der Waals surface area contributed by atoms with Crippen LogP contribution < -0.4 is 0 Å². The van der Waals surface area contributed by atoms with E-state index in [9.17, 15) is 0 Å². The summed E-state index contributed by atoms with van der Waals surface area (Å²) in [6, 6.07) is 55.7. The highest BCUT2D eigenvalue weighted by Crippen LogP contribution is 2.38. The molecule has 9 rings (SSSR count). The van der Waals surface area contributed by atoms with Crippen LogP contribution >= 0.6 is 0 Å². The third kappa shape index (κ3) is 4.95. The minimum absolute atomic E-state index is 0.601. The number of hydrogen-bond donors (Lipinski definition) is 0. The summed E-state index contributed by atoms with van der Waals surface area (Å²) in [6.07, 6.45) is 0. The van der Waals surface area contributed by atoms with Crippen molar-refractivity contribution in [1.29, 1.82) is 0 Å². The Morgan fingerprint density at radius 1 is 0.333 bits per heavy atom. The van der Waals surface area contributed by atoms with E-state index in [0.717, 1.165) is 71.8 Å². The standard InChI is InChI=1S/C43H27N5/c1-4-13-28(14-5-1)36-26-24-29-23-25-35-34-21-10-11-22-37(34)45-40(38(35)39(29)44-36)32-19-12-20-33(27-32)43-47-41(30-15-6-2-7-16-30)46-42(48-43)31-17-8-3-9-18-31/h1-27H. The number of nitrogens with zero attached hydrogens (tertiary/aromatic N) is 5. The van der Waals surface area contributed by atoms with Crippen LogP contribution in [-0.4, -0.2) is 24.9 Å². The van der Waals surface area contributed by atoms with Gasteiger partial charge in [0.05, 0.1) is 22.4 Å². The molecule has 0 bridgehead atoms. The van der Waals surface area contributed by atoms with Gasteiger partial charge in [0.2, 0.25) is 0 Å². The lowest BCUT2D eigenvalue weighted by molar-refractivity contribution is 1.07. The van der Waals surface area contributed by atoms with Gasteiger partial charge < -0.3 is 0 Å². The van der Waals surface area contributed by atoms with Gasteiger partial charge in [-0.15, -0.1) is 0 Å². The fourth-order valence-electron chi connectivity index (χ4n) is 6.35. The third-order valence-electron chi connectivity index (χ3n) is 8.69. The summed E-state index contributed by atoms with van der Waals surface area (Å²) >= 11 is 0. The van der Waals surface area contributed by atoms with Gasteiger partial charge in [0.15, 0.2) is 17.5 Å². The fourth-order valence-corrected chi connectivity index (χ4v) is 6.35. The van der Waals surface area contributed by atoms with Gasteiger partial charge in [-0.1, -0.05) is 146 Å². The topological polar surface area (TPSA) is 64.5 Å². The van der Waals surface area contributed by atoms with Gasteiger partial charge in [-0.2, -0.15) is 0 Å². The lowest BCUT2D eigenvalue weighted by Crippen LogP contribution is -2.00. The molecule has 0 aliphatic rings. The molecule has 0 aliphatic carbocycles. The van der Waals surface area contributed by atoms with E-state index < -0.39 is 0 Å². The number of fused-ring (bicyclic) bond motifs is 5. The average Bonchev–Trinajstić information content (AvgIpc) is 3.18. The van der Waals surface area contributed by atoms with Crippen LogP contribution in [0.25, 0.3) is 89.3 Å². The zero-order chi connectivity index (χ0) is 31.9. The summed E-state index contributed by atoms with van der Waals surface area (Å²) in [5.74, 6) is 1.86. The van der Waals surface area contributed by atoms with Crippen LogP contribution in [0.3, 0.4) is 0 Å². The lowest BCUT2D eigenvalue weighted by Gasteiger charge is -2.14. The molecule has 0 amide bonds. The average molecular weight is 614 g/mol. The monoisotopic (exact) mass is 613 g/mol. The van der Waals surface area contributed by atoms with Gasteiger partial charge in [-0.05, 0) is 23.6 Å². The number of para-hydroxylation sites is 1. The minimum atomic E-state index is 0.601. The SMILES string of the molecule is c1ccc(-c2ccc3ccc4c5ccccc5nc(-c5cccc(-c6nc(-c7ccccc7)nc(-c7ccccc7)n6)c5)c4c3n2)cc1. The van der Waals surface area contributed by atoms with Crippen LogP contribution in [0.4, 0.5) is 0 Å². The second-order valence-electron chi connectivity index (χ2n) is 11.7. The number of benzene rings is 6. The summed E-state index contributed by atoms with van der Waals surface area (Å²) in [5, 5.41) is 4.30. The first-order chi connectivity index (χ1) is 23.8. The molecule has 3 aromatic heterocycles. The Hall–Kier alpha value is -6.59. The van der Waals surface area contributed by atoms with E-state index in [0.29, 0.717) is 17.5 Å². The van der Waals surface area contributed by atoms with E-state index in [4.69, 9.17) is 24.9 Å². The molecule has 0 radical (unpaired) electrons. The maximum Gasteiger partial charge on any atom is 0.164 e. The van der Waals surface area contributed by atoms with Gasteiger partial charge >= 0.3 is 0 Å². The first-order valence-corrected chi connectivity index (χ1v) is 15.9. The Bertz CT molecular complexity index is 2550. The molecule has 0 fully saturated rings. The number of hydrogen-bond acceptors (Lipinski definition) is 5. The molecule has 224 valence electrons. The maximum absolute atomic E-state index is 5.30. The second-order valence-corrected chi connectivity index (χ2v) is 11.7. The number of pyridine rings is 2. The van der Waals surface area contributed by atoms with E-state index in [1.54, 1.807) is 0 Å². The quantitative estimate of drug-likeness (QED) is 0.181. The van der Waals surface area contributed by atoms with Gasteiger partial charge in [0.1, 0.15) is 0 Å². The maximum atomic E-state index is 5.30. The Morgan fingerprint density at radius 2 is 0.875 bits per heavy atom. The number of aromatic nitrogens is 5. The van der Waals surface area contributed by atoms with Crippen molar-refractivity contribution in [2.45, 2.75) is 0 Å². The molecular weight excluding hydrogens is 587 g/mol. The molecule has 0 saturated heterocycles. The van der Waals surface area contributed by atoms with Crippen LogP contribution in [0.1, 0.15) is 0 Å². The number of rotatable bonds is 5. The molecular formula is C43H27N5. The summed E-state index contributed by atoms with van der Waals surface area (Å²) < 4.78 is 0. The van der Waals surface area contributed by atoms with Crippen LogP contribution in [0.15, 0.2) is 164 Å². The van der Waals surface area contributed by atoms with E-state index >= 15 is 0 Å². The van der Waals surface area contributed by atoms with Crippen molar-refractivity contribution in [1.82, 2.24) is 24.9 Å². The molecule has 3 heterocycles. The van der Waals surface area contributed by atoms with Crippen molar-refractivity contribution in [3.63, 3.8) is 0 Å². The van der Waals surface area contributed by atoms with Crippen molar-refractivity contribution < 1.29 is 0 Å². The smallest absolute Gasteiger partial charge is 0.164 e. The predicted molar refractivity (Wildman–Crippen MR) is 195 cm³/mol. The molecule has 48 heavy (non-hydrogen) atoms. The zero-order valence-electron chi connectivity index (χ0n) is 25.8. The lowest BCUT2D eigenvalue weighted by atomic mass is 9.96. The first-order valence-electron chi connectivity index (χ1n) is 15.9. The first kappa shape index (κ1) is 27.7. The van der Waals surface area contributed by atoms with Gasteiger partial charge in [0.25, 0.3) is 0 Å². The van der Waals surface area contributed by atoms with Crippen molar-refractivity contribution in [3.8, 4) is 56.7 Å². The molecule has 0 N–H and O–H groups in total. The van der Waals surface area contributed by atoms with Gasteiger partial charge in [-0.3, -0.25) is 0 Å². The molecule has 0 aliphatic heterocycles. The van der Waals surface area contributed by atoms with Crippen LogP contribution in [0.2, 0.25) is 0 Å². The Morgan fingerprint density at radius 3 is 1.56 bits per heavy atom. The van der Waals surface area contributed by atoms with E-state index in [2.05, 4.69) is 78.9 Å². The third-order valence-corrected chi connectivity index (χ3v) is 8.69. The minimum Gasteiger partial charge on any atom is -0.247 e. The fraction of sp³-hybridized carbons (Fsp3) is 0. The predicted octanol–water partition coefficient (Wildman–Crippen LogP) is 10.5. The molecule has 0 saturated carbocycles. The molecule has 0 spiro atoms. The highest BCUT2D eigenvalue weighted by Gasteiger charge is 2.17. The summed E-state index contributed by atoms with van der Waals surface area (Å²) in [7, 11) is 0. The van der Waals surface area contributed by atoms with Gasteiger partial charge in [0, 0.05) is 44.0 Å². The highest BCUT2D eigenvalue weighted by atomic mass is 15.0. The summed E-state index contributed by atoms with van der Waals surface area (Å²) in [6.45, 7) is 0. The zero-order valence-corrected chi connectivity index (χ0v) is 25.8. The van der Waals surface area contributed by atoms with Gasteiger partial charge in [-0.25, -0.2) is 24.9 Å². The molecule has 5 nitrogen and oxygen atoms in total. The van der Waals surface area contributed by atoms with Crippen molar-refractivity contribution in [3.05, 3.63) is 164 Å². The summed E-state index contributed by atoms with van der Waals surface area (Å²) in [4.78, 5) is 25.4. The van der Waals surface area contributed by atoms with E-state index in [1.807, 2.05) is 84.9 Å². The summed E-state index contributed by atoms with van der Waals surface area (Å²) in [5.41, 5.74) is 8.44. The molecule has 0 atom stereocenters. The Kier molecular flexibility index (Phi) is 6.72. The van der Waals surface area contributed by atoms with Crippen molar-refractivity contribution in [2.75, 3.05) is 0 Å². The molecule has 6 aromatic carbocycles. The van der Waals surface area contributed by atoms with Crippen molar-refractivity contribution in [2.24, 2.45) is 0 Å². The Balaban J connectivity index is 1.28. The normalized spacial score (nSPS) is 11.3. The van der Waals surface area contributed by atoms with Crippen LogP contribution in [0, 0.1) is 0 Å². The highest BCUT2D eigenvalue weighted by molar-refractivity contribution is 6.20.